The molecule has 0 atom stereocenters. The molecule has 0 spiro atoms. The van der Waals surface area contributed by atoms with E-state index in [1.807, 2.05) is 6.07 Å². The molecule has 3 heterocycles. The van der Waals surface area contributed by atoms with Gasteiger partial charge in [-0.05, 0) is 36.8 Å². The van der Waals surface area contributed by atoms with Crippen molar-refractivity contribution in [3.05, 3.63) is 64.7 Å². The number of carbonyl (C=O) groups is 1. The second-order valence-corrected chi connectivity index (χ2v) is 9.00. The molecule has 4 rings (SSSR count). The number of thioether (sulfide) groups is 1. The third-order valence-corrected chi connectivity index (χ3v) is 6.80. The molecule has 0 aliphatic carbocycles. The summed E-state index contributed by atoms with van der Waals surface area (Å²) in [6.07, 6.45) is 4.60. The van der Waals surface area contributed by atoms with Crippen LogP contribution in [-0.2, 0) is 4.79 Å². The van der Waals surface area contributed by atoms with E-state index in [-0.39, 0.29) is 17.3 Å². The zero-order chi connectivity index (χ0) is 22.1. The molecule has 31 heavy (non-hydrogen) atoms. The predicted octanol–water partition coefficient (Wildman–Crippen LogP) is 3.53. The lowest BCUT2D eigenvalue weighted by Gasteiger charge is -2.13. The first-order valence-corrected chi connectivity index (χ1v) is 11.1. The minimum absolute atomic E-state index is 0.0527. The third-order valence-electron chi connectivity index (χ3n) is 4.58. The van der Waals surface area contributed by atoms with Crippen LogP contribution in [0, 0.1) is 12.7 Å². The van der Waals surface area contributed by atoms with E-state index < -0.39 is 11.4 Å². The molecule has 7 nitrogen and oxygen atoms in total. The second kappa shape index (κ2) is 8.56. The highest BCUT2D eigenvalue weighted by molar-refractivity contribution is 8.00. The minimum atomic E-state index is -0.541. The Morgan fingerprint density at radius 3 is 2.84 bits per heavy atom. The maximum Gasteiger partial charge on any atom is 0.277 e. The van der Waals surface area contributed by atoms with Crippen molar-refractivity contribution >= 4 is 39.4 Å². The Hall–Kier alpha value is -3.11. The normalized spacial score (nSPS) is 11.1. The molecule has 158 valence electrons. The van der Waals surface area contributed by atoms with E-state index in [0.717, 1.165) is 10.5 Å². The van der Waals surface area contributed by atoms with Crippen molar-refractivity contribution in [2.24, 2.45) is 0 Å². The molecular formula is C21H18FN5O2S2. The van der Waals surface area contributed by atoms with Crippen molar-refractivity contribution in [3.8, 4) is 16.3 Å². The van der Waals surface area contributed by atoms with Gasteiger partial charge >= 0.3 is 0 Å². The van der Waals surface area contributed by atoms with Gasteiger partial charge in [-0.15, -0.1) is 23.1 Å². The van der Waals surface area contributed by atoms with E-state index >= 15 is 0 Å². The molecule has 0 radical (unpaired) electrons. The van der Waals surface area contributed by atoms with E-state index in [1.165, 1.54) is 45.0 Å². The van der Waals surface area contributed by atoms with Crippen LogP contribution in [0.15, 0.2) is 52.7 Å². The molecule has 0 bridgehead atoms. The lowest BCUT2D eigenvalue weighted by molar-refractivity contribution is -0.125. The van der Waals surface area contributed by atoms with Gasteiger partial charge in [0, 0.05) is 36.9 Å². The molecule has 0 saturated heterocycles. The fourth-order valence-corrected chi connectivity index (χ4v) is 4.81. The van der Waals surface area contributed by atoms with Gasteiger partial charge in [0.15, 0.2) is 5.65 Å². The first kappa shape index (κ1) is 21.1. The zero-order valence-electron chi connectivity index (χ0n) is 17.0. The molecule has 1 amide bonds. The SMILES string of the molecule is Cc1cc(F)c(-n2cnc3nc(-c4cccnc4)sc3c2=O)cc1SCC(=O)N(C)C. The standard InChI is InChI=1S/C21H18FN5O2S2/c1-12-7-14(22)15(8-16(12)30-10-17(28)26(2)3)27-11-24-19-18(21(27)29)31-20(25-19)13-5-4-6-23-9-13/h4-9,11H,10H2,1-3H3. The Balaban J connectivity index is 1.76. The summed E-state index contributed by atoms with van der Waals surface area (Å²) >= 11 is 2.49. The summed E-state index contributed by atoms with van der Waals surface area (Å²) in [6, 6.07) is 6.58. The number of nitrogens with zero attached hydrogens (tertiary/aromatic N) is 5. The number of amides is 1. The van der Waals surface area contributed by atoms with Gasteiger partial charge in [-0.3, -0.25) is 19.1 Å². The number of rotatable bonds is 5. The number of aromatic nitrogens is 4. The van der Waals surface area contributed by atoms with Crippen molar-refractivity contribution in [1.82, 2.24) is 24.4 Å². The molecule has 0 aliphatic rings. The Kier molecular flexibility index (Phi) is 5.84. The summed E-state index contributed by atoms with van der Waals surface area (Å²) < 4.78 is 16.3. The van der Waals surface area contributed by atoms with Crippen molar-refractivity contribution in [2.75, 3.05) is 19.8 Å². The second-order valence-electron chi connectivity index (χ2n) is 6.98. The predicted molar refractivity (Wildman–Crippen MR) is 120 cm³/mol. The van der Waals surface area contributed by atoms with Crippen molar-refractivity contribution < 1.29 is 9.18 Å². The van der Waals surface area contributed by atoms with E-state index in [9.17, 15) is 14.0 Å². The largest absolute Gasteiger partial charge is 0.348 e. The van der Waals surface area contributed by atoms with Gasteiger partial charge in [0.05, 0.1) is 11.4 Å². The molecular weight excluding hydrogens is 437 g/mol. The van der Waals surface area contributed by atoms with E-state index in [1.54, 1.807) is 45.5 Å². The van der Waals surface area contributed by atoms with Gasteiger partial charge in [0.1, 0.15) is 21.9 Å². The van der Waals surface area contributed by atoms with E-state index in [2.05, 4.69) is 15.0 Å². The quantitative estimate of drug-likeness (QED) is 0.428. The van der Waals surface area contributed by atoms with Crippen LogP contribution in [0.4, 0.5) is 4.39 Å². The van der Waals surface area contributed by atoms with Gasteiger partial charge in [-0.25, -0.2) is 14.4 Å². The summed E-state index contributed by atoms with van der Waals surface area (Å²) in [5.74, 6) is -0.377. The average Bonchev–Trinajstić information content (AvgIpc) is 3.19. The summed E-state index contributed by atoms with van der Waals surface area (Å²) in [5.41, 5.74) is 1.46. The number of benzene rings is 1. The molecule has 4 aromatic rings. The molecule has 0 fully saturated rings. The molecule has 10 heteroatoms. The van der Waals surface area contributed by atoms with E-state index in [0.29, 0.717) is 20.9 Å². The van der Waals surface area contributed by atoms with Crippen LogP contribution in [0.2, 0.25) is 0 Å². The van der Waals surface area contributed by atoms with Crippen molar-refractivity contribution in [3.63, 3.8) is 0 Å². The van der Waals surface area contributed by atoms with Crippen LogP contribution in [-0.4, -0.2) is 50.2 Å². The molecule has 0 unspecified atom stereocenters. The number of fused-ring (bicyclic) bond motifs is 1. The number of thiazole rings is 1. The van der Waals surface area contributed by atoms with Crippen molar-refractivity contribution in [2.45, 2.75) is 11.8 Å². The highest BCUT2D eigenvalue weighted by Gasteiger charge is 2.17. The van der Waals surface area contributed by atoms with Crippen LogP contribution in [0.25, 0.3) is 26.6 Å². The number of hydrogen-bond donors (Lipinski definition) is 0. The van der Waals surface area contributed by atoms with Gasteiger partial charge in [-0.1, -0.05) is 0 Å². The fourth-order valence-electron chi connectivity index (χ4n) is 2.85. The summed E-state index contributed by atoms with van der Waals surface area (Å²) in [4.78, 5) is 40.0. The maximum absolute atomic E-state index is 14.8. The van der Waals surface area contributed by atoms with Gasteiger partial charge in [0.2, 0.25) is 5.91 Å². The Labute approximate surface area is 185 Å². The van der Waals surface area contributed by atoms with Crippen molar-refractivity contribution in [1.29, 1.82) is 0 Å². The van der Waals surface area contributed by atoms with Crippen LogP contribution in [0.1, 0.15) is 5.56 Å². The minimum Gasteiger partial charge on any atom is -0.348 e. The summed E-state index contributed by atoms with van der Waals surface area (Å²) in [5, 5.41) is 0.619. The number of aryl methyl sites for hydroxylation is 1. The Morgan fingerprint density at radius 2 is 2.13 bits per heavy atom. The first-order chi connectivity index (χ1) is 14.8. The molecule has 3 aromatic heterocycles. The third kappa shape index (κ3) is 4.21. The number of carbonyl (C=O) groups excluding carboxylic acids is 1. The van der Waals surface area contributed by atoms with Crippen LogP contribution in [0.3, 0.4) is 0 Å². The number of hydrogen-bond acceptors (Lipinski definition) is 7. The van der Waals surface area contributed by atoms with Gasteiger partial charge < -0.3 is 4.90 Å². The number of pyridine rings is 1. The molecule has 0 aliphatic heterocycles. The van der Waals surface area contributed by atoms with Gasteiger partial charge in [0.25, 0.3) is 5.56 Å². The topological polar surface area (TPSA) is 81.0 Å². The molecule has 0 saturated carbocycles. The fraction of sp³-hybridized carbons (Fsp3) is 0.190. The number of halogens is 1. The lowest BCUT2D eigenvalue weighted by atomic mass is 10.2. The Bertz CT molecular complexity index is 1340. The average molecular weight is 456 g/mol. The Morgan fingerprint density at radius 1 is 1.32 bits per heavy atom. The maximum atomic E-state index is 14.8. The summed E-state index contributed by atoms with van der Waals surface area (Å²) in [6.45, 7) is 1.77. The van der Waals surface area contributed by atoms with Crippen LogP contribution < -0.4 is 5.56 Å². The molecule has 1 aromatic carbocycles. The highest BCUT2D eigenvalue weighted by Crippen LogP contribution is 2.29. The van der Waals surface area contributed by atoms with E-state index in [4.69, 9.17) is 0 Å². The summed E-state index contributed by atoms with van der Waals surface area (Å²) in [7, 11) is 3.36. The molecule has 0 N–H and O–H groups in total. The van der Waals surface area contributed by atoms with Gasteiger partial charge in [-0.2, -0.15) is 0 Å². The van der Waals surface area contributed by atoms with Crippen LogP contribution >= 0.6 is 23.1 Å². The van der Waals surface area contributed by atoms with Crippen LogP contribution in [0.5, 0.6) is 0 Å². The highest BCUT2D eigenvalue weighted by atomic mass is 32.2. The first-order valence-electron chi connectivity index (χ1n) is 9.27. The zero-order valence-corrected chi connectivity index (χ0v) is 18.6. The smallest absolute Gasteiger partial charge is 0.277 e. The monoisotopic (exact) mass is 455 g/mol. The lowest BCUT2D eigenvalue weighted by Crippen LogP contribution is -2.23.